The van der Waals surface area contributed by atoms with Gasteiger partial charge in [0.2, 0.25) is 0 Å². The van der Waals surface area contributed by atoms with Crippen LogP contribution in [0.15, 0.2) is 24.4 Å². The van der Waals surface area contributed by atoms with E-state index in [2.05, 4.69) is 22.6 Å². The molecular formula is C13H17FN4. The van der Waals surface area contributed by atoms with Gasteiger partial charge in [0.15, 0.2) is 0 Å². The first-order valence-electron chi connectivity index (χ1n) is 6.09. The van der Waals surface area contributed by atoms with Crippen LogP contribution in [0.1, 0.15) is 24.6 Å². The van der Waals surface area contributed by atoms with Gasteiger partial charge in [0.25, 0.3) is 0 Å². The number of aromatic nitrogens is 3. The molecule has 0 aliphatic rings. The summed E-state index contributed by atoms with van der Waals surface area (Å²) in [7, 11) is 0. The van der Waals surface area contributed by atoms with Crippen molar-refractivity contribution in [3.63, 3.8) is 0 Å². The Morgan fingerprint density at radius 2 is 2.22 bits per heavy atom. The van der Waals surface area contributed by atoms with Crippen LogP contribution in [0, 0.1) is 12.7 Å². The lowest BCUT2D eigenvalue weighted by Crippen LogP contribution is -2.17. The van der Waals surface area contributed by atoms with Crippen LogP contribution in [-0.4, -0.2) is 21.5 Å². The lowest BCUT2D eigenvalue weighted by atomic mass is 10.2. The van der Waals surface area contributed by atoms with Crippen LogP contribution < -0.4 is 5.32 Å². The predicted octanol–water partition coefficient (Wildman–Crippen LogP) is 2.21. The lowest BCUT2D eigenvalue weighted by molar-refractivity contribution is 0.609. The van der Waals surface area contributed by atoms with Crippen LogP contribution in [0.5, 0.6) is 0 Å². The van der Waals surface area contributed by atoms with Crippen molar-refractivity contribution < 1.29 is 4.39 Å². The highest BCUT2D eigenvalue weighted by Crippen LogP contribution is 2.17. The molecule has 5 heteroatoms. The number of nitrogens with one attached hydrogen (secondary N) is 1. The Morgan fingerprint density at radius 3 is 3.00 bits per heavy atom. The van der Waals surface area contributed by atoms with E-state index in [1.807, 2.05) is 6.07 Å². The molecule has 96 valence electrons. The van der Waals surface area contributed by atoms with Crippen molar-refractivity contribution in [1.82, 2.24) is 20.3 Å². The van der Waals surface area contributed by atoms with Gasteiger partial charge in [0, 0.05) is 12.1 Å². The van der Waals surface area contributed by atoms with E-state index in [4.69, 9.17) is 0 Å². The molecule has 0 fully saturated rings. The van der Waals surface area contributed by atoms with E-state index in [1.54, 1.807) is 23.9 Å². The van der Waals surface area contributed by atoms with Crippen molar-refractivity contribution >= 4 is 0 Å². The van der Waals surface area contributed by atoms with Gasteiger partial charge >= 0.3 is 0 Å². The monoisotopic (exact) mass is 248 g/mol. The molecular weight excluding hydrogens is 231 g/mol. The first-order chi connectivity index (χ1) is 8.74. The molecule has 0 radical (unpaired) electrons. The van der Waals surface area contributed by atoms with E-state index in [0.29, 0.717) is 12.1 Å². The molecule has 2 rings (SSSR count). The van der Waals surface area contributed by atoms with Gasteiger partial charge in [0.1, 0.15) is 5.82 Å². The van der Waals surface area contributed by atoms with Crippen LogP contribution in [-0.2, 0) is 6.54 Å². The molecule has 1 aromatic heterocycles. The summed E-state index contributed by atoms with van der Waals surface area (Å²) in [5.41, 5.74) is 2.25. The average molecular weight is 248 g/mol. The first-order valence-corrected chi connectivity index (χ1v) is 6.09. The van der Waals surface area contributed by atoms with Crippen molar-refractivity contribution in [3.05, 3.63) is 41.5 Å². The minimum Gasteiger partial charge on any atom is -0.311 e. The van der Waals surface area contributed by atoms with Crippen LogP contribution in [0.3, 0.4) is 0 Å². The summed E-state index contributed by atoms with van der Waals surface area (Å²) in [6.07, 6.45) is 2.77. The molecule has 0 amide bonds. The lowest BCUT2D eigenvalue weighted by Gasteiger charge is -2.10. The van der Waals surface area contributed by atoms with Crippen molar-refractivity contribution in [2.75, 3.05) is 6.54 Å². The Hall–Kier alpha value is -1.75. The van der Waals surface area contributed by atoms with Gasteiger partial charge in [-0.05, 0) is 32.0 Å². The van der Waals surface area contributed by atoms with E-state index in [9.17, 15) is 4.39 Å². The minimum atomic E-state index is -0.226. The Balaban J connectivity index is 2.28. The van der Waals surface area contributed by atoms with E-state index in [-0.39, 0.29) is 5.82 Å². The first kappa shape index (κ1) is 12.7. The van der Waals surface area contributed by atoms with Gasteiger partial charge < -0.3 is 5.32 Å². The minimum absolute atomic E-state index is 0.226. The van der Waals surface area contributed by atoms with Crippen molar-refractivity contribution in [2.24, 2.45) is 0 Å². The standard InChI is InChI=1S/C13H17FN4/c1-3-7-15-8-11-9-16-17-18(11)13-6-4-5-12(14)10(13)2/h4-6,9,15H,3,7-8H2,1-2H3. The third-order valence-electron chi connectivity index (χ3n) is 2.82. The molecule has 4 nitrogen and oxygen atoms in total. The topological polar surface area (TPSA) is 42.7 Å². The maximum Gasteiger partial charge on any atom is 0.128 e. The van der Waals surface area contributed by atoms with Crippen LogP contribution >= 0.6 is 0 Å². The summed E-state index contributed by atoms with van der Waals surface area (Å²) < 4.78 is 15.2. The molecule has 0 unspecified atom stereocenters. The fourth-order valence-electron chi connectivity index (χ4n) is 1.80. The second-order valence-corrected chi connectivity index (χ2v) is 4.20. The molecule has 2 aromatic rings. The molecule has 0 bridgehead atoms. The zero-order valence-electron chi connectivity index (χ0n) is 10.7. The summed E-state index contributed by atoms with van der Waals surface area (Å²) in [6, 6.07) is 4.98. The van der Waals surface area contributed by atoms with Crippen LogP contribution in [0.2, 0.25) is 0 Å². The SMILES string of the molecule is CCCNCc1cnnn1-c1cccc(F)c1C. The number of halogens is 1. The molecule has 18 heavy (non-hydrogen) atoms. The zero-order valence-corrected chi connectivity index (χ0v) is 10.7. The van der Waals surface area contributed by atoms with Crippen molar-refractivity contribution in [2.45, 2.75) is 26.8 Å². The third-order valence-corrected chi connectivity index (χ3v) is 2.82. The Kier molecular flexibility index (Phi) is 4.04. The van der Waals surface area contributed by atoms with Crippen LogP contribution in [0.25, 0.3) is 5.69 Å². The third kappa shape index (κ3) is 2.56. The highest BCUT2D eigenvalue weighted by atomic mass is 19.1. The van der Waals surface area contributed by atoms with E-state index in [1.165, 1.54) is 6.07 Å². The van der Waals surface area contributed by atoms with Crippen molar-refractivity contribution in [1.29, 1.82) is 0 Å². The summed E-state index contributed by atoms with van der Waals surface area (Å²) in [4.78, 5) is 0. The van der Waals surface area contributed by atoms with E-state index >= 15 is 0 Å². The smallest absolute Gasteiger partial charge is 0.128 e. The van der Waals surface area contributed by atoms with E-state index in [0.717, 1.165) is 24.3 Å². The maximum absolute atomic E-state index is 13.5. The molecule has 0 atom stereocenters. The summed E-state index contributed by atoms with van der Waals surface area (Å²) in [5, 5.41) is 11.2. The van der Waals surface area contributed by atoms with Crippen molar-refractivity contribution in [3.8, 4) is 5.69 Å². The number of hydrogen-bond donors (Lipinski definition) is 1. The highest BCUT2D eigenvalue weighted by molar-refractivity contribution is 5.41. The molecule has 1 heterocycles. The summed E-state index contributed by atoms with van der Waals surface area (Å²) in [5.74, 6) is -0.226. The highest BCUT2D eigenvalue weighted by Gasteiger charge is 2.10. The Labute approximate surface area is 106 Å². The van der Waals surface area contributed by atoms with Gasteiger partial charge in [-0.3, -0.25) is 0 Å². The molecule has 0 saturated heterocycles. The number of hydrogen-bond acceptors (Lipinski definition) is 3. The molecule has 0 saturated carbocycles. The number of benzene rings is 1. The zero-order chi connectivity index (χ0) is 13.0. The largest absolute Gasteiger partial charge is 0.311 e. The molecule has 1 N–H and O–H groups in total. The molecule has 0 spiro atoms. The second-order valence-electron chi connectivity index (χ2n) is 4.20. The molecule has 1 aromatic carbocycles. The maximum atomic E-state index is 13.5. The predicted molar refractivity (Wildman–Crippen MR) is 68.1 cm³/mol. The Morgan fingerprint density at radius 1 is 1.39 bits per heavy atom. The quantitative estimate of drug-likeness (QED) is 0.825. The van der Waals surface area contributed by atoms with E-state index < -0.39 is 0 Å². The van der Waals surface area contributed by atoms with Gasteiger partial charge in [-0.2, -0.15) is 0 Å². The molecule has 0 aliphatic heterocycles. The van der Waals surface area contributed by atoms with Gasteiger partial charge in [0.05, 0.1) is 17.6 Å². The van der Waals surface area contributed by atoms with Gasteiger partial charge in [-0.1, -0.05) is 18.2 Å². The van der Waals surface area contributed by atoms with Gasteiger partial charge in [-0.25, -0.2) is 9.07 Å². The summed E-state index contributed by atoms with van der Waals surface area (Å²) in [6.45, 7) is 5.47. The number of nitrogens with zero attached hydrogens (tertiary/aromatic N) is 3. The fraction of sp³-hybridized carbons (Fsp3) is 0.385. The fourth-order valence-corrected chi connectivity index (χ4v) is 1.80. The average Bonchev–Trinajstić information content (AvgIpc) is 2.81. The molecule has 0 aliphatic carbocycles. The van der Waals surface area contributed by atoms with Gasteiger partial charge in [-0.15, -0.1) is 5.10 Å². The Bertz CT molecular complexity index is 521. The second kappa shape index (κ2) is 5.73. The normalized spacial score (nSPS) is 10.8. The number of rotatable bonds is 5. The summed E-state index contributed by atoms with van der Waals surface area (Å²) >= 11 is 0. The van der Waals surface area contributed by atoms with Crippen LogP contribution in [0.4, 0.5) is 4.39 Å².